The van der Waals surface area contributed by atoms with Gasteiger partial charge in [-0.2, -0.15) is 15.0 Å². The number of piperidine rings is 2. The van der Waals surface area contributed by atoms with Crippen molar-refractivity contribution in [2.75, 3.05) is 88.7 Å². The second-order valence-corrected chi connectivity index (χ2v) is 33.3. The maximum absolute atomic E-state index is 14.6. The Kier molecular flexibility index (Phi) is 30.9. The molecule has 2 fully saturated rings. The molecule has 6 heterocycles. The van der Waals surface area contributed by atoms with Crippen LogP contribution >= 0.6 is 0 Å². The first kappa shape index (κ1) is 95.7. The molecule has 41 nitrogen and oxygen atoms in total. The summed E-state index contributed by atoms with van der Waals surface area (Å²) in [7, 11) is 0. The van der Waals surface area contributed by atoms with Gasteiger partial charge in [0, 0.05) is 124 Å². The molecule has 0 spiro atoms. The largest absolute Gasteiger partial charge is 0.508 e. The number of hydrogen-bond donors (Lipinski definition) is 19. The number of anilines is 8. The summed E-state index contributed by atoms with van der Waals surface area (Å²) in [6, 6.07) is 25.6. The van der Waals surface area contributed by atoms with E-state index < -0.39 is 138 Å². The summed E-state index contributed by atoms with van der Waals surface area (Å²) in [5, 5.41) is 63.1. The molecule has 134 heavy (non-hydrogen) atoms. The highest BCUT2D eigenvalue weighted by molar-refractivity contribution is 6.10. The molecule has 5 aliphatic heterocycles. The zero-order chi connectivity index (χ0) is 95.7. The van der Waals surface area contributed by atoms with E-state index >= 15 is 0 Å². The van der Waals surface area contributed by atoms with Crippen LogP contribution in [0.25, 0.3) is 33.4 Å². The summed E-state index contributed by atoms with van der Waals surface area (Å²) in [4.78, 5) is 211. The van der Waals surface area contributed by atoms with E-state index in [-0.39, 0.29) is 211 Å². The molecule has 0 unspecified atom stereocenters. The smallest absolute Gasteiger partial charge is 0.336 e. The number of fused-ring (bicyclic) bond motifs is 6. The SMILES string of the molecule is CC[C@H](C)[C@@H]1NC(=O)c2cc(NC(=O)CNC(=O)C3CCN(c4nc(Nc5ccc(-c6c7ccc(=O)cc-7oc7cc(O)ccc67)c(C(=O)O)c5)nc(N5CCC(C(=O)NCC(=O)Nc6ccc7c(c6)C(=O)N[C@@H]([C@@H](C)CC)C(=O)N[C@@H](CCCNC(=N)N)C(=O)Nc6cc(C(N)=O)ccc6CO7)CC5)n4)CC3)ccc2OCc2ccc(C(N)=O)cc2NC(=O)[C@H](CCCCN)NC1=O. The Bertz CT molecular complexity index is 6040. The number of carbonyl (C=O) groups excluding carboxylic acids is 12. The predicted octanol–water partition coefficient (Wildman–Crippen LogP) is 5.75. The van der Waals surface area contributed by atoms with Crippen molar-refractivity contribution >= 4 is 140 Å². The standard InChI is InChI=1S/C93H106N22O19/c1-5-47(3)77-87(128)105-66(10-7-8-30-94)85(126)107-68-36-51(79(95)120)12-14-53(68)45-132-70-24-17-55(39-64(70)83(124)109-77)102-74(118)43-100-81(122)49-26-32-114(33-27-49)92-111-91(104-57-16-21-60(63(38-57)89(130)131)76-61-22-19-58(116)41-72(61)134-73-42-59(117)20-23-62(73)76)112-93(113-92)115-34-28-50(29-35-115)82(123)101-44-75(119)103-56-18-25-71-65(40-56)84(125)110-78(48(4)6-2)88(129)106-67(11-9-31-99-90(97)98)86(127)108-69-37-52(80(96)121)13-15-54(69)46-133-71/h12-25,36-42,47-50,66-67,77-78,116H,5-11,26-35,43-46,94H2,1-4H3,(H2,95,120)(H2,96,121)(H,100,122)(H,101,123)(H,102,118)(H,103,119)(H,105,128)(H,106,129)(H,107,126)(H,108,127)(H,109,124)(H,110,125)(H,130,131)(H4,97,98,99)(H,104,111,112,113)/t47-,48-,66-,67-,77-,78-/m0/s1. The van der Waals surface area contributed by atoms with Gasteiger partial charge in [0.15, 0.2) is 11.4 Å². The number of nitrogens with zero attached hydrogens (tertiary/aromatic N) is 5. The van der Waals surface area contributed by atoms with Gasteiger partial charge in [-0.3, -0.25) is 67.7 Å². The molecular weight excluding hydrogens is 1730 g/mol. The van der Waals surface area contributed by atoms with Crippen molar-refractivity contribution in [1.29, 1.82) is 5.41 Å². The minimum Gasteiger partial charge on any atom is -0.508 e. The van der Waals surface area contributed by atoms with Gasteiger partial charge < -0.3 is 121 Å². The van der Waals surface area contributed by atoms with Crippen LogP contribution in [0.1, 0.15) is 161 Å². The number of aromatic carboxylic acids is 1. The number of aromatic hydroxyl groups is 1. The van der Waals surface area contributed by atoms with Crippen LogP contribution < -0.4 is 111 Å². The number of primary amides is 2. The number of ether oxygens (including phenoxy) is 2. The van der Waals surface area contributed by atoms with E-state index in [0.717, 1.165) is 0 Å². The van der Waals surface area contributed by atoms with Gasteiger partial charge >= 0.3 is 5.97 Å². The molecule has 1 aromatic heterocycles. The number of nitrogens with two attached hydrogens (primary N) is 4. The summed E-state index contributed by atoms with van der Waals surface area (Å²) in [6.45, 7) is 7.01. The van der Waals surface area contributed by atoms with Crippen LogP contribution in [0.3, 0.4) is 0 Å². The number of rotatable bonds is 28. The molecule has 6 atom stereocenters. The monoisotopic (exact) mass is 1830 g/mol. The minimum absolute atomic E-state index is 0.00639. The topological polar surface area (TPSA) is 628 Å². The molecule has 0 bridgehead atoms. The summed E-state index contributed by atoms with van der Waals surface area (Å²) >= 11 is 0. The maximum atomic E-state index is 14.6. The molecule has 13 rings (SSSR count). The number of nitrogens with one attached hydrogen (secondary N) is 13. The van der Waals surface area contributed by atoms with Crippen LogP contribution in [-0.2, 0) is 51.6 Å². The first-order valence-electron chi connectivity index (χ1n) is 44.1. The van der Waals surface area contributed by atoms with Crippen LogP contribution in [0.5, 0.6) is 17.2 Å². The fraction of sp³-hybridized carbons (Fsp3) is 0.355. The van der Waals surface area contributed by atoms with Gasteiger partial charge in [-0.1, -0.05) is 58.7 Å². The summed E-state index contributed by atoms with van der Waals surface area (Å²) in [5.74, 6) is -11.3. The van der Waals surface area contributed by atoms with Gasteiger partial charge in [0.1, 0.15) is 66.0 Å². The fourth-order valence-corrected chi connectivity index (χ4v) is 16.1. The molecule has 6 aromatic carbocycles. The van der Waals surface area contributed by atoms with Crippen molar-refractivity contribution in [3.05, 3.63) is 177 Å². The molecule has 1 aliphatic carbocycles. The van der Waals surface area contributed by atoms with E-state index in [0.29, 0.717) is 59.9 Å². The van der Waals surface area contributed by atoms with E-state index in [1.54, 1.807) is 32.0 Å². The molecule has 12 amide bonds. The quantitative estimate of drug-likeness (QED) is 0.0120. The van der Waals surface area contributed by atoms with Crippen molar-refractivity contribution in [3.63, 3.8) is 0 Å². The second-order valence-electron chi connectivity index (χ2n) is 33.3. The Morgan fingerprint density at radius 3 is 1.51 bits per heavy atom. The molecule has 6 aliphatic rings. The van der Waals surface area contributed by atoms with E-state index in [1.165, 1.54) is 109 Å². The number of carbonyl (C=O) groups is 13. The fourth-order valence-electron chi connectivity index (χ4n) is 16.1. The number of benzene rings is 7. The van der Waals surface area contributed by atoms with E-state index in [1.807, 2.05) is 23.6 Å². The van der Waals surface area contributed by atoms with Crippen molar-refractivity contribution in [1.82, 2.24) is 52.2 Å². The van der Waals surface area contributed by atoms with Gasteiger partial charge in [0.05, 0.1) is 29.8 Å². The van der Waals surface area contributed by atoms with Crippen LogP contribution in [-0.4, -0.2) is 185 Å². The minimum atomic E-state index is -1.32. The van der Waals surface area contributed by atoms with Gasteiger partial charge in [0.25, 0.3) is 11.8 Å². The second kappa shape index (κ2) is 43.3. The zero-order valence-electron chi connectivity index (χ0n) is 74.0. The normalized spacial score (nSPS) is 17.4. The van der Waals surface area contributed by atoms with Crippen molar-refractivity contribution in [3.8, 4) is 39.7 Å². The van der Waals surface area contributed by atoms with Crippen molar-refractivity contribution in [2.45, 2.75) is 136 Å². The zero-order valence-corrected chi connectivity index (χ0v) is 74.0. The summed E-state index contributed by atoms with van der Waals surface area (Å²) in [5.41, 5.74) is 24.7. The molecule has 0 radical (unpaired) electrons. The van der Waals surface area contributed by atoms with Crippen LogP contribution in [0, 0.1) is 29.1 Å². The Morgan fingerprint density at radius 1 is 0.537 bits per heavy atom. The lowest BCUT2D eigenvalue weighted by atomic mass is 9.90. The number of aromatic nitrogens is 3. The van der Waals surface area contributed by atoms with Crippen LogP contribution in [0.15, 0.2) is 137 Å². The highest BCUT2D eigenvalue weighted by atomic mass is 16.5. The average Bonchev–Trinajstić information content (AvgIpc) is 0.744. The Hall–Kier alpha value is -15.8. The Labute approximate surface area is 767 Å². The van der Waals surface area contributed by atoms with Crippen LogP contribution in [0.2, 0.25) is 0 Å². The lowest BCUT2D eigenvalue weighted by molar-refractivity contribution is -0.128. The molecule has 702 valence electrons. The van der Waals surface area contributed by atoms with Gasteiger partial charge in [-0.15, -0.1) is 0 Å². The third kappa shape index (κ3) is 23.7. The number of amides is 12. The number of guanidine groups is 1. The molecule has 2 saturated heterocycles. The molecule has 23 N–H and O–H groups in total. The van der Waals surface area contributed by atoms with Crippen LogP contribution in [0.4, 0.5) is 46.3 Å². The molecule has 0 saturated carbocycles. The molecular formula is C93H106N22O19. The number of unbranched alkanes of at least 4 members (excludes halogenated alkanes) is 1. The van der Waals surface area contributed by atoms with Crippen molar-refractivity contribution in [2.24, 2.45) is 46.6 Å². The third-order valence-electron chi connectivity index (χ3n) is 24.1. The Balaban J connectivity index is 0.694. The average molecular weight is 1840 g/mol. The number of carboxylic acids is 1. The lowest BCUT2D eigenvalue weighted by Crippen LogP contribution is -2.55. The first-order valence-corrected chi connectivity index (χ1v) is 44.1. The van der Waals surface area contributed by atoms with Gasteiger partial charge in [-0.05, 0) is 179 Å². The predicted molar refractivity (Wildman–Crippen MR) is 495 cm³/mol. The third-order valence-corrected chi connectivity index (χ3v) is 24.1. The number of hydrogen-bond acceptors (Lipinski definition) is 26. The molecule has 7 aromatic rings. The summed E-state index contributed by atoms with van der Waals surface area (Å²) < 4.78 is 18.6. The Morgan fingerprint density at radius 2 is 1.03 bits per heavy atom. The highest BCUT2D eigenvalue weighted by Crippen LogP contribution is 2.44. The van der Waals surface area contributed by atoms with E-state index in [4.69, 9.17) is 57.2 Å². The number of carboxylic acid groups (broad SMARTS) is 1. The van der Waals surface area contributed by atoms with E-state index in [2.05, 4.69) is 63.8 Å². The van der Waals surface area contributed by atoms with Gasteiger partial charge in [0.2, 0.25) is 76.9 Å². The molecule has 41 heteroatoms. The number of phenolic OH excluding ortho intramolecular Hbond substituents is 1. The van der Waals surface area contributed by atoms with Gasteiger partial charge in [-0.25, -0.2) is 4.79 Å². The summed E-state index contributed by atoms with van der Waals surface area (Å²) in [6.07, 6.45) is 3.36. The first-order chi connectivity index (χ1) is 64.3. The highest BCUT2D eigenvalue weighted by Gasteiger charge is 2.37. The number of phenols is 1. The van der Waals surface area contributed by atoms with Crippen molar-refractivity contribution < 1.29 is 86.4 Å². The lowest BCUT2D eigenvalue weighted by Gasteiger charge is -2.34. The van der Waals surface area contributed by atoms with E-state index in [9.17, 15) is 77.3 Å². The maximum Gasteiger partial charge on any atom is 0.336 e.